The van der Waals surface area contributed by atoms with E-state index >= 15 is 0 Å². The Labute approximate surface area is 265 Å². The van der Waals surface area contributed by atoms with Crippen LogP contribution in [0.15, 0.2) is 172 Å². The van der Waals surface area contributed by atoms with Crippen molar-refractivity contribution in [3.05, 3.63) is 179 Å². The van der Waals surface area contributed by atoms with Crippen LogP contribution in [-0.2, 0) is 0 Å². The van der Waals surface area contributed by atoms with Gasteiger partial charge in [0.25, 0.3) is 0 Å². The summed E-state index contributed by atoms with van der Waals surface area (Å²) in [6, 6.07) is 36.1. The van der Waals surface area contributed by atoms with E-state index in [1.165, 1.54) is 33.4 Å². The molecule has 45 heavy (non-hydrogen) atoms. The molecule has 0 aliphatic heterocycles. The second kappa shape index (κ2) is 12.4. The summed E-state index contributed by atoms with van der Waals surface area (Å²) in [7, 11) is 0. The molecule has 2 aliphatic rings. The molecule has 1 atom stereocenters. The van der Waals surface area contributed by atoms with Crippen molar-refractivity contribution in [1.29, 1.82) is 0 Å². The summed E-state index contributed by atoms with van der Waals surface area (Å²) in [6.07, 6.45) is 14.4. The van der Waals surface area contributed by atoms with Crippen molar-refractivity contribution in [3.63, 3.8) is 0 Å². The maximum atomic E-state index is 6.17. The predicted molar refractivity (Wildman–Crippen MR) is 191 cm³/mol. The van der Waals surface area contributed by atoms with Crippen LogP contribution in [0.2, 0.25) is 0 Å². The lowest BCUT2D eigenvalue weighted by Crippen LogP contribution is -2.11. The van der Waals surface area contributed by atoms with E-state index in [1.54, 1.807) is 0 Å². The van der Waals surface area contributed by atoms with Crippen LogP contribution < -0.4 is 0 Å². The van der Waals surface area contributed by atoms with Gasteiger partial charge in [-0.25, -0.2) is 4.99 Å². The van der Waals surface area contributed by atoms with Crippen LogP contribution in [0.5, 0.6) is 0 Å². The molecular weight excluding hydrogens is 546 g/mol. The van der Waals surface area contributed by atoms with E-state index in [1.807, 2.05) is 18.2 Å². The van der Waals surface area contributed by atoms with Gasteiger partial charge in [-0.1, -0.05) is 121 Å². The summed E-state index contributed by atoms with van der Waals surface area (Å²) >= 11 is 0. The Morgan fingerprint density at radius 3 is 2.36 bits per heavy atom. The summed E-state index contributed by atoms with van der Waals surface area (Å²) in [5.74, 6) is 0.310. The molecule has 0 bridgehead atoms. The van der Waals surface area contributed by atoms with Gasteiger partial charge >= 0.3 is 0 Å². The van der Waals surface area contributed by atoms with Gasteiger partial charge < -0.3 is 4.42 Å². The lowest BCUT2D eigenvalue weighted by atomic mass is 9.76. The van der Waals surface area contributed by atoms with Crippen molar-refractivity contribution < 1.29 is 4.42 Å². The Morgan fingerprint density at radius 1 is 0.844 bits per heavy atom. The van der Waals surface area contributed by atoms with E-state index in [9.17, 15) is 0 Å². The van der Waals surface area contributed by atoms with Crippen molar-refractivity contribution >= 4 is 38.9 Å². The minimum absolute atomic E-state index is 0.310. The Kier molecular flexibility index (Phi) is 7.88. The number of nitrogens with zero attached hydrogens (tertiary/aromatic N) is 1. The van der Waals surface area contributed by atoms with Gasteiger partial charge in [0, 0.05) is 22.3 Å². The minimum atomic E-state index is 0.310. The number of furan rings is 1. The van der Waals surface area contributed by atoms with E-state index in [0.29, 0.717) is 5.92 Å². The van der Waals surface area contributed by atoms with E-state index < -0.39 is 0 Å². The fraction of sp³-hybridized carbons (Fsp3) is 0.140. The third-order valence-corrected chi connectivity index (χ3v) is 9.09. The largest absolute Gasteiger partial charge is 0.456 e. The molecule has 0 saturated carbocycles. The summed E-state index contributed by atoms with van der Waals surface area (Å²) < 4.78 is 6.17. The van der Waals surface area contributed by atoms with Gasteiger partial charge in [-0.2, -0.15) is 0 Å². The van der Waals surface area contributed by atoms with Crippen molar-refractivity contribution in [1.82, 2.24) is 0 Å². The number of benzene rings is 4. The van der Waals surface area contributed by atoms with E-state index in [4.69, 9.17) is 9.41 Å². The number of para-hydroxylation sites is 1. The number of allylic oxidation sites excluding steroid dienone is 10. The number of aliphatic imine (C=N–C) groups is 1. The molecule has 1 aromatic heterocycles. The maximum Gasteiger partial charge on any atom is 0.136 e. The van der Waals surface area contributed by atoms with Gasteiger partial charge in [0.2, 0.25) is 0 Å². The monoisotopic (exact) mass is 583 g/mol. The SMILES string of the molecule is C=C(/N=C(\C=C(/C)C1=CC(c2ccccc2)=C(C)[C@@H](c2ccccc2)C1)C1=CCCC=C1)c1ccc2c(c1)oc1ccccc12. The van der Waals surface area contributed by atoms with Gasteiger partial charge in [-0.3, -0.25) is 0 Å². The highest BCUT2D eigenvalue weighted by molar-refractivity contribution is 6.13. The molecule has 4 aromatic carbocycles. The molecule has 1 heterocycles. The molecule has 220 valence electrons. The molecule has 7 rings (SSSR count). The Morgan fingerprint density at radius 2 is 1.58 bits per heavy atom. The Balaban J connectivity index is 1.28. The average Bonchev–Trinajstić information content (AvgIpc) is 3.47. The van der Waals surface area contributed by atoms with Crippen LogP contribution in [0.3, 0.4) is 0 Å². The highest BCUT2D eigenvalue weighted by Crippen LogP contribution is 2.42. The number of fused-ring (bicyclic) bond motifs is 3. The highest BCUT2D eigenvalue weighted by atomic mass is 16.3. The van der Waals surface area contributed by atoms with Crippen LogP contribution in [0.4, 0.5) is 0 Å². The normalized spacial score (nSPS) is 17.5. The maximum absolute atomic E-state index is 6.17. The summed E-state index contributed by atoms with van der Waals surface area (Å²) in [4.78, 5) is 5.18. The van der Waals surface area contributed by atoms with Crippen LogP contribution >= 0.6 is 0 Å². The number of hydrogen-bond donors (Lipinski definition) is 0. The summed E-state index contributed by atoms with van der Waals surface area (Å²) in [5.41, 5.74) is 13.3. The first-order chi connectivity index (χ1) is 22.0. The molecule has 0 spiro atoms. The zero-order valence-electron chi connectivity index (χ0n) is 26.0. The Bertz CT molecular complexity index is 2090. The first kappa shape index (κ1) is 28.6. The standard InChI is InChI=1S/C43H37NO/c1-29(36-26-39(32-15-7-4-8-16-32)30(2)40(27-36)33-17-9-5-10-18-33)25-41(34-19-11-6-12-20-34)44-31(3)35-23-24-38-37-21-13-14-22-42(37)45-43(38)28-35/h4-5,7-11,13-26,28,40H,3,6,12,27H2,1-2H3/b29-25+,44-41+/t40-/m0/s1. The second-order valence-corrected chi connectivity index (χ2v) is 12.0. The van der Waals surface area contributed by atoms with Crippen molar-refractivity contribution in [2.75, 3.05) is 0 Å². The van der Waals surface area contributed by atoms with Crippen molar-refractivity contribution in [3.8, 4) is 0 Å². The molecule has 2 heteroatoms. The quantitative estimate of drug-likeness (QED) is 0.175. The second-order valence-electron chi connectivity index (χ2n) is 12.0. The van der Waals surface area contributed by atoms with Gasteiger partial charge in [-0.05, 0) is 90.8 Å². The average molecular weight is 584 g/mol. The van der Waals surface area contributed by atoms with Crippen LogP contribution in [0, 0.1) is 0 Å². The molecule has 2 nitrogen and oxygen atoms in total. The minimum Gasteiger partial charge on any atom is -0.456 e. The topological polar surface area (TPSA) is 25.5 Å². The molecular formula is C43H37NO. The first-order valence-corrected chi connectivity index (χ1v) is 15.8. The van der Waals surface area contributed by atoms with E-state index in [0.717, 1.165) is 63.7 Å². The smallest absolute Gasteiger partial charge is 0.136 e. The zero-order chi connectivity index (χ0) is 30.8. The van der Waals surface area contributed by atoms with Crippen molar-refractivity contribution in [2.24, 2.45) is 4.99 Å². The first-order valence-electron chi connectivity index (χ1n) is 15.8. The lowest BCUT2D eigenvalue weighted by Gasteiger charge is -2.28. The van der Waals surface area contributed by atoms with Crippen LogP contribution in [0.1, 0.15) is 55.7 Å². The fourth-order valence-corrected chi connectivity index (χ4v) is 6.56. The lowest BCUT2D eigenvalue weighted by molar-refractivity contribution is 0.669. The molecule has 2 aliphatic carbocycles. The number of hydrogen-bond acceptors (Lipinski definition) is 2. The number of rotatable bonds is 7. The highest BCUT2D eigenvalue weighted by Gasteiger charge is 2.24. The van der Waals surface area contributed by atoms with Crippen LogP contribution in [-0.4, -0.2) is 5.71 Å². The third-order valence-electron chi connectivity index (χ3n) is 9.09. The molecule has 0 fully saturated rings. The molecule has 5 aromatic rings. The van der Waals surface area contributed by atoms with Crippen LogP contribution in [0.25, 0.3) is 33.2 Å². The summed E-state index contributed by atoms with van der Waals surface area (Å²) in [5, 5.41) is 2.23. The zero-order valence-corrected chi connectivity index (χ0v) is 26.0. The van der Waals surface area contributed by atoms with Crippen molar-refractivity contribution in [2.45, 2.75) is 39.0 Å². The predicted octanol–water partition coefficient (Wildman–Crippen LogP) is 11.8. The molecule has 0 unspecified atom stereocenters. The van der Waals surface area contributed by atoms with E-state index in [-0.39, 0.29) is 0 Å². The van der Waals surface area contributed by atoms with E-state index in [2.05, 4.69) is 136 Å². The van der Waals surface area contributed by atoms with Gasteiger partial charge in [0.15, 0.2) is 0 Å². The molecule has 0 saturated heterocycles. The fourth-order valence-electron chi connectivity index (χ4n) is 6.56. The van der Waals surface area contributed by atoms with Gasteiger partial charge in [0.1, 0.15) is 11.2 Å². The van der Waals surface area contributed by atoms with Gasteiger partial charge in [0.05, 0.1) is 11.4 Å². The molecule has 0 N–H and O–H groups in total. The summed E-state index contributed by atoms with van der Waals surface area (Å²) in [6.45, 7) is 8.94. The Hall–Kier alpha value is -5.21. The third kappa shape index (κ3) is 5.84. The molecule has 0 radical (unpaired) electrons. The molecule has 0 amide bonds. The van der Waals surface area contributed by atoms with Gasteiger partial charge in [-0.15, -0.1) is 0 Å².